The van der Waals surface area contributed by atoms with Gasteiger partial charge in [-0.1, -0.05) is 0 Å². The van der Waals surface area contributed by atoms with Crippen LogP contribution >= 0.6 is 0 Å². The molecule has 0 aromatic carbocycles. The molecule has 1 amide bonds. The van der Waals surface area contributed by atoms with E-state index in [9.17, 15) is 4.79 Å². The summed E-state index contributed by atoms with van der Waals surface area (Å²) in [6.45, 7) is 4.36. The first-order chi connectivity index (χ1) is 11.1. The summed E-state index contributed by atoms with van der Waals surface area (Å²) in [6, 6.07) is 9.26. The Labute approximate surface area is 134 Å². The van der Waals surface area contributed by atoms with Gasteiger partial charge in [-0.05, 0) is 49.7 Å². The quantitative estimate of drug-likeness (QED) is 0.802. The normalized spacial score (nSPS) is 10.5. The smallest absolute Gasteiger partial charge is 0.253 e. The third-order valence-corrected chi connectivity index (χ3v) is 3.44. The first-order valence-corrected chi connectivity index (χ1v) is 7.30. The van der Waals surface area contributed by atoms with E-state index in [-0.39, 0.29) is 5.91 Å². The minimum absolute atomic E-state index is 0.158. The van der Waals surface area contributed by atoms with E-state index in [2.05, 4.69) is 20.4 Å². The predicted octanol–water partition coefficient (Wildman–Crippen LogP) is 2.21. The van der Waals surface area contributed by atoms with Crippen LogP contribution in [0.25, 0.3) is 5.82 Å². The maximum Gasteiger partial charge on any atom is 0.253 e. The number of nitrogens with one attached hydrogen (secondary N) is 1. The predicted molar refractivity (Wildman–Crippen MR) is 86.2 cm³/mol. The molecule has 0 aliphatic rings. The average Bonchev–Trinajstić information content (AvgIpc) is 2.92. The van der Waals surface area contributed by atoms with Crippen molar-refractivity contribution in [3.63, 3.8) is 0 Å². The largest absolute Gasteiger partial charge is 0.348 e. The maximum atomic E-state index is 12.1. The Hall–Kier alpha value is -3.02. The van der Waals surface area contributed by atoms with Crippen molar-refractivity contribution in [1.29, 1.82) is 0 Å². The topological polar surface area (TPSA) is 72.7 Å². The molecule has 0 saturated heterocycles. The summed E-state index contributed by atoms with van der Waals surface area (Å²) in [7, 11) is 0. The average molecular weight is 307 g/mol. The van der Waals surface area contributed by atoms with Gasteiger partial charge < -0.3 is 5.32 Å². The van der Waals surface area contributed by atoms with Crippen molar-refractivity contribution < 1.29 is 4.79 Å². The third-order valence-electron chi connectivity index (χ3n) is 3.44. The summed E-state index contributed by atoms with van der Waals surface area (Å²) >= 11 is 0. The molecule has 0 unspecified atom stereocenters. The standard InChI is InChI=1S/C17H17N5O/c1-12-9-13(2)22(21-12)16-4-3-15(11-19-16)17(23)20-10-14-5-7-18-8-6-14/h3-9,11H,10H2,1-2H3,(H,20,23). The van der Waals surface area contributed by atoms with Crippen LogP contribution in [0.1, 0.15) is 27.3 Å². The summed E-state index contributed by atoms with van der Waals surface area (Å²) < 4.78 is 1.76. The summed E-state index contributed by atoms with van der Waals surface area (Å²) in [4.78, 5) is 20.4. The van der Waals surface area contributed by atoms with Gasteiger partial charge in [0.25, 0.3) is 5.91 Å². The van der Waals surface area contributed by atoms with Crippen LogP contribution in [-0.2, 0) is 6.54 Å². The number of aromatic nitrogens is 4. The molecule has 116 valence electrons. The summed E-state index contributed by atoms with van der Waals surface area (Å²) in [6.07, 6.45) is 4.96. The fourth-order valence-electron chi connectivity index (χ4n) is 2.29. The SMILES string of the molecule is Cc1cc(C)n(-c2ccc(C(=O)NCc3ccncc3)cn2)n1. The Balaban J connectivity index is 1.69. The lowest BCUT2D eigenvalue weighted by Gasteiger charge is -2.07. The van der Waals surface area contributed by atoms with Gasteiger partial charge in [-0.25, -0.2) is 9.67 Å². The minimum Gasteiger partial charge on any atom is -0.348 e. The number of carbonyl (C=O) groups excluding carboxylic acids is 1. The van der Waals surface area contributed by atoms with E-state index in [4.69, 9.17) is 0 Å². The van der Waals surface area contributed by atoms with E-state index < -0.39 is 0 Å². The number of rotatable bonds is 4. The van der Waals surface area contributed by atoms with Crippen LogP contribution < -0.4 is 5.32 Å². The molecule has 0 saturated carbocycles. The number of aryl methyl sites for hydroxylation is 2. The summed E-state index contributed by atoms with van der Waals surface area (Å²) in [5.41, 5.74) is 3.46. The van der Waals surface area contributed by atoms with Gasteiger partial charge in [0.15, 0.2) is 5.82 Å². The maximum absolute atomic E-state index is 12.1. The molecule has 3 aromatic rings. The van der Waals surface area contributed by atoms with Gasteiger partial charge in [0.1, 0.15) is 0 Å². The van der Waals surface area contributed by atoms with Gasteiger partial charge in [0.05, 0.1) is 11.3 Å². The Kier molecular flexibility index (Phi) is 4.14. The molecule has 3 rings (SSSR count). The molecule has 1 N–H and O–H groups in total. The second-order valence-electron chi connectivity index (χ2n) is 5.28. The van der Waals surface area contributed by atoms with E-state index in [1.54, 1.807) is 35.4 Å². The third kappa shape index (κ3) is 3.42. The van der Waals surface area contributed by atoms with E-state index in [0.717, 1.165) is 17.0 Å². The molecule has 6 heteroatoms. The van der Waals surface area contributed by atoms with Crippen molar-refractivity contribution in [3.8, 4) is 5.82 Å². The Bertz CT molecular complexity index is 809. The van der Waals surface area contributed by atoms with E-state index in [0.29, 0.717) is 17.9 Å². The highest BCUT2D eigenvalue weighted by atomic mass is 16.1. The van der Waals surface area contributed by atoms with E-state index in [1.807, 2.05) is 32.0 Å². The van der Waals surface area contributed by atoms with Gasteiger partial charge in [-0.2, -0.15) is 5.10 Å². The number of pyridine rings is 2. The van der Waals surface area contributed by atoms with E-state index in [1.165, 1.54) is 0 Å². The van der Waals surface area contributed by atoms with Crippen LogP contribution in [0.2, 0.25) is 0 Å². The molecule has 0 radical (unpaired) electrons. The monoisotopic (exact) mass is 307 g/mol. The van der Waals surface area contributed by atoms with Crippen LogP contribution in [0.5, 0.6) is 0 Å². The van der Waals surface area contributed by atoms with Crippen LogP contribution in [0.3, 0.4) is 0 Å². The minimum atomic E-state index is -0.158. The van der Waals surface area contributed by atoms with Crippen LogP contribution in [-0.4, -0.2) is 25.7 Å². The highest BCUT2D eigenvalue weighted by Crippen LogP contribution is 2.10. The number of hydrogen-bond acceptors (Lipinski definition) is 4. The van der Waals surface area contributed by atoms with Gasteiger partial charge in [0, 0.05) is 30.8 Å². The molecule has 3 aromatic heterocycles. The lowest BCUT2D eigenvalue weighted by molar-refractivity contribution is 0.0950. The van der Waals surface area contributed by atoms with Gasteiger partial charge >= 0.3 is 0 Å². The van der Waals surface area contributed by atoms with Crippen LogP contribution in [0.15, 0.2) is 48.9 Å². The van der Waals surface area contributed by atoms with Crippen LogP contribution in [0, 0.1) is 13.8 Å². The molecule has 0 aliphatic carbocycles. The zero-order valence-electron chi connectivity index (χ0n) is 13.0. The molecular formula is C17H17N5O. The molecule has 0 fully saturated rings. The first kappa shape index (κ1) is 14.9. The molecule has 23 heavy (non-hydrogen) atoms. The van der Waals surface area contributed by atoms with Crippen molar-refractivity contribution in [2.45, 2.75) is 20.4 Å². The lowest BCUT2D eigenvalue weighted by Crippen LogP contribution is -2.23. The molecule has 0 bridgehead atoms. The zero-order chi connectivity index (χ0) is 16.2. The van der Waals surface area contributed by atoms with Crippen molar-refractivity contribution in [3.05, 3.63) is 71.4 Å². The molecular weight excluding hydrogens is 290 g/mol. The fourth-order valence-corrected chi connectivity index (χ4v) is 2.29. The first-order valence-electron chi connectivity index (χ1n) is 7.30. The number of hydrogen-bond donors (Lipinski definition) is 1. The second-order valence-corrected chi connectivity index (χ2v) is 5.28. The molecule has 3 heterocycles. The van der Waals surface area contributed by atoms with Gasteiger partial charge in [-0.15, -0.1) is 0 Å². The van der Waals surface area contributed by atoms with Crippen molar-refractivity contribution in [1.82, 2.24) is 25.1 Å². The number of amides is 1. The Morgan fingerprint density at radius 3 is 2.57 bits per heavy atom. The molecule has 6 nitrogen and oxygen atoms in total. The molecule has 0 aliphatic heterocycles. The van der Waals surface area contributed by atoms with Gasteiger partial charge in [-0.3, -0.25) is 9.78 Å². The summed E-state index contributed by atoms with van der Waals surface area (Å²) in [5.74, 6) is 0.538. The molecule has 0 spiro atoms. The highest BCUT2D eigenvalue weighted by Gasteiger charge is 2.08. The fraction of sp³-hybridized carbons (Fsp3) is 0.176. The van der Waals surface area contributed by atoms with Crippen molar-refractivity contribution in [2.24, 2.45) is 0 Å². The highest BCUT2D eigenvalue weighted by molar-refractivity contribution is 5.93. The van der Waals surface area contributed by atoms with E-state index >= 15 is 0 Å². The second kappa shape index (κ2) is 6.39. The van der Waals surface area contributed by atoms with Crippen molar-refractivity contribution >= 4 is 5.91 Å². The van der Waals surface area contributed by atoms with Gasteiger partial charge in [0.2, 0.25) is 0 Å². The zero-order valence-corrected chi connectivity index (χ0v) is 13.0. The Morgan fingerprint density at radius 1 is 1.17 bits per heavy atom. The Morgan fingerprint density at radius 2 is 1.96 bits per heavy atom. The summed E-state index contributed by atoms with van der Waals surface area (Å²) in [5, 5.41) is 7.24. The number of carbonyl (C=O) groups is 1. The van der Waals surface area contributed by atoms with Crippen molar-refractivity contribution in [2.75, 3.05) is 0 Å². The number of nitrogens with zero attached hydrogens (tertiary/aromatic N) is 4. The van der Waals surface area contributed by atoms with Crippen LogP contribution in [0.4, 0.5) is 0 Å². The lowest BCUT2D eigenvalue weighted by atomic mass is 10.2. The molecule has 0 atom stereocenters.